The van der Waals surface area contributed by atoms with Crippen molar-refractivity contribution in [2.24, 2.45) is 0 Å². The minimum absolute atomic E-state index is 0.154. The molecule has 1 aliphatic rings. The second-order valence-electron chi connectivity index (χ2n) is 3.84. The van der Waals surface area contributed by atoms with Gasteiger partial charge in [0, 0.05) is 19.0 Å². The van der Waals surface area contributed by atoms with Gasteiger partial charge in [-0.05, 0) is 32.7 Å². The monoisotopic (exact) mass is 182 g/mol. The number of aliphatic hydroxyl groups excluding tert-OH is 1. The molecule has 0 bridgehead atoms. The van der Waals surface area contributed by atoms with E-state index >= 15 is 0 Å². The van der Waals surface area contributed by atoms with Crippen LogP contribution < -0.4 is 0 Å². The van der Waals surface area contributed by atoms with Crippen LogP contribution >= 0.6 is 0 Å². The van der Waals surface area contributed by atoms with E-state index in [0.29, 0.717) is 12.5 Å². The van der Waals surface area contributed by atoms with Gasteiger partial charge in [0.05, 0.1) is 12.2 Å². The topological polar surface area (TPSA) is 47.3 Å². The van der Waals surface area contributed by atoms with Crippen LogP contribution in [0.1, 0.15) is 32.6 Å². The molecular formula is C10H18N2O. The van der Waals surface area contributed by atoms with Gasteiger partial charge in [-0.2, -0.15) is 5.26 Å². The molecule has 0 radical (unpaired) electrons. The van der Waals surface area contributed by atoms with Crippen LogP contribution in [0.2, 0.25) is 0 Å². The minimum atomic E-state index is -0.154. The number of aliphatic hydroxyl groups is 1. The lowest BCUT2D eigenvalue weighted by Crippen LogP contribution is -2.44. The van der Waals surface area contributed by atoms with E-state index in [1.165, 1.54) is 0 Å². The zero-order valence-electron chi connectivity index (χ0n) is 8.24. The van der Waals surface area contributed by atoms with Gasteiger partial charge in [-0.1, -0.05) is 0 Å². The average molecular weight is 182 g/mol. The average Bonchev–Trinajstić information content (AvgIpc) is 2.11. The molecule has 0 spiro atoms. The van der Waals surface area contributed by atoms with Crippen molar-refractivity contribution in [3.63, 3.8) is 0 Å². The lowest BCUT2D eigenvalue weighted by molar-refractivity contribution is 0.0407. The van der Waals surface area contributed by atoms with Gasteiger partial charge < -0.3 is 5.11 Å². The number of nitrogens with zero attached hydrogens (tertiary/aromatic N) is 2. The Balaban J connectivity index is 2.26. The summed E-state index contributed by atoms with van der Waals surface area (Å²) in [6.07, 6.45) is 3.40. The molecule has 1 saturated heterocycles. The third-order valence-electron chi connectivity index (χ3n) is 2.72. The molecule has 13 heavy (non-hydrogen) atoms. The maximum atomic E-state index is 9.45. The molecule has 74 valence electrons. The van der Waals surface area contributed by atoms with E-state index in [1.54, 1.807) is 0 Å². The zero-order valence-corrected chi connectivity index (χ0v) is 8.24. The first-order valence-electron chi connectivity index (χ1n) is 5.03. The summed E-state index contributed by atoms with van der Waals surface area (Å²) in [4.78, 5) is 2.28. The van der Waals surface area contributed by atoms with Crippen molar-refractivity contribution in [1.82, 2.24) is 4.90 Å². The largest absolute Gasteiger partial charge is 0.392 e. The fourth-order valence-corrected chi connectivity index (χ4v) is 1.83. The summed E-state index contributed by atoms with van der Waals surface area (Å²) in [6, 6.07) is 2.72. The Morgan fingerprint density at radius 2 is 2.31 bits per heavy atom. The molecular weight excluding hydrogens is 164 g/mol. The van der Waals surface area contributed by atoms with E-state index in [9.17, 15) is 5.11 Å². The molecule has 1 fully saturated rings. The molecule has 0 amide bonds. The molecule has 0 unspecified atom stereocenters. The molecule has 2 atom stereocenters. The van der Waals surface area contributed by atoms with E-state index in [-0.39, 0.29) is 6.10 Å². The molecule has 0 saturated carbocycles. The molecule has 0 aromatic heterocycles. The van der Waals surface area contributed by atoms with E-state index in [2.05, 4.69) is 17.9 Å². The van der Waals surface area contributed by atoms with Crippen molar-refractivity contribution in [3.05, 3.63) is 0 Å². The summed E-state index contributed by atoms with van der Waals surface area (Å²) in [6.45, 7) is 3.93. The Hall–Kier alpha value is -0.590. The lowest BCUT2D eigenvalue weighted by Gasteiger charge is -2.35. The number of hydrogen-bond donors (Lipinski definition) is 1. The quantitative estimate of drug-likeness (QED) is 0.666. The Morgan fingerprint density at radius 3 is 3.00 bits per heavy atom. The molecule has 1 aliphatic heterocycles. The van der Waals surface area contributed by atoms with Crippen molar-refractivity contribution in [3.8, 4) is 6.07 Å². The number of rotatable bonds is 3. The molecule has 0 aromatic rings. The maximum Gasteiger partial charge on any atom is 0.0667 e. The molecule has 3 nitrogen and oxygen atoms in total. The predicted octanol–water partition coefficient (Wildman–Crippen LogP) is 1.14. The van der Waals surface area contributed by atoms with Gasteiger partial charge in [-0.15, -0.1) is 0 Å². The number of β-amino-alcohol motifs (C(OH)–C–C–N with tert-alkyl or cyclic N) is 1. The molecule has 0 aliphatic carbocycles. The van der Waals surface area contributed by atoms with E-state index in [4.69, 9.17) is 5.26 Å². The van der Waals surface area contributed by atoms with E-state index < -0.39 is 0 Å². The van der Waals surface area contributed by atoms with Crippen LogP contribution in [0.25, 0.3) is 0 Å². The van der Waals surface area contributed by atoms with Crippen molar-refractivity contribution in [2.45, 2.75) is 44.8 Å². The van der Waals surface area contributed by atoms with Gasteiger partial charge in [0.25, 0.3) is 0 Å². The fourth-order valence-electron chi connectivity index (χ4n) is 1.83. The first-order valence-corrected chi connectivity index (χ1v) is 5.03. The summed E-state index contributed by atoms with van der Waals surface area (Å²) in [5, 5.41) is 17.8. The third-order valence-corrected chi connectivity index (χ3v) is 2.72. The Kier molecular flexibility index (Phi) is 4.20. The molecule has 1 rings (SSSR count). The molecule has 0 aromatic carbocycles. The minimum Gasteiger partial charge on any atom is -0.392 e. The van der Waals surface area contributed by atoms with Gasteiger partial charge in [0.1, 0.15) is 0 Å². The standard InChI is InChI=1S/C10H18N2O/c1-9-4-5-10(13)8-12(9)7-3-2-6-11/h9-10,13H,2-5,7-8H2,1H3/t9-,10-/m1/s1. The van der Waals surface area contributed by atoms with Gasteiger partial charge >= 0.3 is 0 Å². The third kappa shape index (κ3) is 3.33. The number of likely N-dealkylation sites (tertiary alicyclic amines) is 1. The lowest BCUT2D eigenvalue weighted by atomic mass is 10.0. The van der Waals surface area contributed by atoms with Crippen molar-refractivity contribution < 1.29 is 5.11 Å². The number of piperidine rings is 1. The van der Waals surface area contributed by atoms with Crippen LogP contribution in [0.3, 0.4) is 0 Å². The molecule has 1 heterocycles. The summed E-state index contributed by atoms with van der Waals surface area (Å²) < 4.78 is 0. The number of unbranched alkanes of at least 4 members (excludes halogenated alkanes) is 1. The van der Waals surface area contributed by atoms with Crippen molar-refractivity contribution in [2.75, 3.05) is 13.1 Å². The fraction of sp³-hybridized carbons (Fsp3) is 0.900. The van der Waals surface area contributed by atoms with Crippen LogP contribution in [-0.2, 0) is 0 Å². The Bertz CT molecular complexity index is 188. The van der Waals surface area contributed by atoms with Crippen LogP contribution in [0, 0.1) is 11.3 Å². The second kappa shape index (κ2) is 5.21. The number of hydrogen-bond acceptors (Lipinski definition) is 3. The van der Waals surface area contributed by atoms with Crippen molar-refractivity contribution in [1.29, 1.82) is 5.26 Å². The molecule has 3 heteroatoms. The van der Waals surface area contributed by atoms with Crippen LogP contribution in [-0.4, -0.2) is 35.2 Å². The normalized spacial score (nSPS) is 29.9. The van der Waals surface area contributed by atoms with Gasteiger partial charge in [0.15, 0.2) is 0 Å². The summed E-state index contributed by atoms with van der Waals surface area (Å²) in [5.41, 5.74) is 0. The highest BCUT2D eigenvalue weighted by Crippen LogP contribution is 2.17. The highest BCUT2D eigenvalue weighted by Gasteiger charge is 2.22. The SMILES string of the molecule is C[C@@H]1CC[C@@H](O)CN1CCCC#N. The Labute approximate surface area is 80.0 Å². The Morgan fingerprint density at radius 1 is 1.54 bits per heavy atom. The van der Waals surface area contributed by atoms with Crippen molar-refractivity contribution >= 4 is 0 Å². The van der Waals surface area contributed by atoms with Gasteiger partial charge in [0.2, 0.25) is 0 Å². The van der Waals surface area contributed by atoms with Crippen LogP contribution in [0.15, 0.2) is 0 Å². The maximum absolute atomic E-state index is 9.45. The highest BCUT2D eigenvalue weighted by atomic mass is 16.3. The molecule has 1 N–H and O–H groups in total. The second-order valence-corrected chi connectivity index (χ2v) is 3.84. The smallest absolute Gasteiger partial charge is 0.0667 e. The zero-order chi connectivity index (χ0) is 9.68. The van der Waals surface area contributed by atoms with Crippen LogP contribution in [0.4, 0.5) is 0 Å². The van der Waals surface area contributed by atoms with Gasteiger partial charge in [-0.3, -0.25) is 4.90 Å². The first-order chi connectivity index (χ1) is 6.24. The van der Waals surface area contributed by atoms with Crippen LogP contribution in [0.5, 0.6) is 0 Å². The highest BCUT2D eigenvalue weighted by molar-refractivity contribution is 4.79. The van der Waals surface area contributed by atoms with Gasteiger partial charge in [-0.25, -0.2) is 0 Å². The summed E-state index contributed by atoms with van der Waals surface area (Å²) in [5.74, 6) is 0. The number of nitriles is 1. The summed E-state index contributed by atoms with van der Waals surface area (Å²) in [7, 11) is 0. The first kappa shape index (κ1) is 10.5. The summed E-state index contributed by atoms with van der Waals surface area (Å²) >= 11 is 0. The van der Waals surface area contributed by atoms with E-state index in [0.717, 1.165) is 32.4 Å². The predicted molar refractivity (Wildman–Crippen MR) is 51.1 cm³/mol. The van der Waals surface area contributed by atoms with E-state index in [1.807, 2.05) is 0 Å².